The van der Waals surface area contributed by atoms with Gasteiger partial charge < -0.3 is 10.6 Å². The Kier molecular flexibility index (Phi) is 4.36. The number of alkyl halides is 2. The molecule has 0 bridgehead atoms. The molecule has 0 fully saturated rings. The number of aromatic amines is 1. The molecule has 0 unspecified atom stereocenters. The summed E-state index contributed by atoms with van der Waals surface area (Å²) in [4.78, 5) is 22.9. The van der Waals surface area contributed by atoms with Crippen LogP contribution >= 0.6 is 0 Å². The van der Waals surface area contributed by atoms with Crippen molar-refractivity contribution < 1.29 is 18.4 Å². The third-order valence-electron chi connectivity index (χ3n) is 2.37. The predicted molar refractivity (Wildman–Crippen MR) is 65.1 cm³/mol. The highest BCUT2D eigenvalue weighted by atomic mass is 19.3. The van der Waals surface area contributed by atoms with Crippen LogP contribution in [0.4, 0.5) is 14.6 Å². The van der Waals surface area contributed by atoms with E-state index in [1.54, 1.807) is 0 Å². The third kappa shape index (κ3) is 3.15. The number of hydrogen-bond donors (Lipinski definition) is 3. The number of nitrogens with zero attached hydrogens (tertiary/aromatic N) is 1. The molecule has 8 heteroatoms. The van der Waals surface area contributed by atoms with E-state index in [4.69, 9.17) is 0 Å². The second-order valence-electron chi connectivity index (χ2n) is 3.80. The SMILES string of the molecule is C=CCC(F)(F)C(=O)Nc1n[nH]c(C)c1C(=O)NC. The first-order valence-corrected chi connectivity index (χ1v) is 5.40. The number of halogens is 2. The number of carbonyl (C=O) groups excluding carboxylic acids is 2. The molecule has 0 atom stereocenters. The molecule has 2 amide bonds. The quantitative estimate of drug-likeness (QED) is 0.704. The van der Waals surface area contributed by atoms with E-state index < -0.39 is 24.2 Å². The zero-order chi connectivity index (χ0) is 14.6. The monoisotopic (exact) mass is 272 g/mol. The fourth-order valence-corrected chi connectivity index (χ4v) is 1.40. The highest BCUT2D eigenvalue weighted by Crippen LogP contribution is 2.23. The van der Waals surface area contributed by atoms with Crippen LogP contribution in [0, 0.1) is 6.92 Å². The van der Waals surface area contributed by atoms with Gasteiger partial charge >= 0.3 is 5.92 Å². The summed E-state index contributed by atoms with van der Waals surface area (Å²) in [5.41, 5.74) is 0.381. The van der Waals surface area contributed by atoms with Crippen LogP contribution in [0.2, 0.25) is 0 Å². The number of rotatable bonds is 5. The van der Waals surface area contributed by atoms with Crippen LogP contribution in [0.3, 0.4) is 0 Å². The normalized spacial score (nSPS) is 10.9. The van der Waals surface area contributed by atoms with Crippen molar-refractivity contribution in [3.63, 3.8) is 0 Å². The number of anilines is 1. The van der Waals surface area contributed by atoms with Crippen molar-refractivity contribution in [2.24, 2.45) is 0 Å². The average Bonchev–Trinajstić information content (AvgIpc) is 2.69. The summed E-state index contributed by atoms with van der Waals surface area (Å²) in [6, 6.07) is 0. The Labute approximate surface area is 108 Å². The summed E-state index contributed by atoms with van der Waals surface area (Å²) in [5, 5.41) is 10.3. The summed E-state index contributed by atoms with van der Waals surface area (Å²) in [7, 11) is 1.38. The molecule has 19 heavy (non-hydrogen) atoms. The molecule has 1 aromatic rings. The molecule has 6 nitrogen and oxygen atoms in total. The number of H-pyrrole nitrogens is 1. The van der Waals surface area contributed by atoms with Crippen LogP contribution < -0.4 is 10.6 Å². The predicted octanol–water partition coefficient (Wildman–Crippen LogP) is 1.23. The van der Waals surface area contributed by atoms with Crippen molar-refractivity contribution in [1.29, 1.82) is 0 Å². The molecule has 0 saturated carbocycles. The van der Waals surface area contributed by atoms with E-state index >= 15 is 0 Å². The molecular weight excluding hydrogens is 258 g/mol. The maximum absolute atomic E-state index is 13.3. The van der Waals surface area contributed by atoms with Gasteiger partial charge in [0.1, 0.15) is 5.56 Å². The second-order valence-corrected chi connectivity index (χ2v) is 3.80. The zero-order valence-electron chi connectivity index (χ0n) is 10.5. The number of hydrogen-bond acceptors (Lipinski definition) is 3. The molecule has 0 aromatic carbocycles. The van der Waals surface area contributed by atoms with Gasteiger partial charge in [0.2, 0.25) is 0 Å². The van der Waals surface area contributed by atoms with Gasteiger partial charge in [-0.25, -0.2) is 0 Å². The van der Waals surface area contributed by atoms with Gasteiger partial charge in [0.25, 0.3) is 11.8 Å². The summed E-state index contributed by atoms with van der Waals surface area (Å²) >= 11 is 0. The largest absolute Gasteiger partial charge is 0.355 e. The van der Waals surface area contributed by atoms with Crippen molar-refractivity contribution in [2.75, 3.05) is 12.4 Å². The molecule has 0 radical (unpaired) electrons. The van der Waals surface area contributed by atoms with Crippen LogP contribution in [0.25, 0.3) is 0 Å². The number of allylic oxidation sites excluding steroid dienone is 1. The maximum Gasteiger partial charge on any atom is 0.328 e. The Hall–Kier alpha value is -2.25. The summed E-state index contributed by atoms with van der Waals surface area (Å²) in [5.74, 6) is -5.91. The third-order valence-corrected chi connectivity index (χ3v) is 2.37. The molecule has 0 aliphatic heterocycles. The Bertz CT molecular complexity index is 511. The molecule has 1 rings (SSSR count). The van der Waals surface area contributed by atoms with Crippen LogP contribution in [0.1, 0.15) is 22.5 Å². The highest BCUT2D eigenvalue weighted by molar-refractivity contribution is 6.04. The Morgan fingerprint density at radius 1 is 1.53 bits per heavy atom. The first kappa shape index (κ1) is 14.8. The van der Waals surface area contributed by atoms with Crippen LogP contribution in [0.15, 0.2) is 12.7 Å². The molecule has 3 N–H and O–H groups in total. The van der Waals surface area contributed by atoms with Gasteiger partial charge in [-0.1, -0.05) is 6.08 Å². The maximum atomic E-state index is 13.3. The van der Waals surface area contributed by atoms with Crippen molar-refractivity contribution in [3.8, 4) is 0 Å². The lowest BCUT2D eigenvalue weighted by Crippen LogP contribution is -2.35. The Balaban J connectivity index is 2.98. The van der Waals surface area contributed by atoms with Gasteiger partial charge in [-0.15, -0.1) is 6.58 Å². The summed E-state index contributed by atoms with van der Waals surface area (Å²) in [6.45, 7) is 4.69. The fourth-order valence-electron chi connectivity index (χ4n) is 1.40. The minimum absolute atomic E-state index is 0.0188. The van der Waals surface area contributed by atoms with Gasteiger partial charge in [-0.05, 0) is 6.92 Å². The van der Waals surface area contributed by atoms with Gasteiger partial charge in [-0.2, -0.15) is 13.9 Å². The average molecular weight is 272 g/mol. The van der Waals surface area contributed by atoms with E-state index in [9.17, 15) is 18.4 Å². The number of aromatic nitrogens is 2. The van der Waals surface area contributed by atoms with E-state index in [1.807, 2.05) is 5.32 Å². The highest BCUT2D eigenvalue weighted by Gasteiger charge is 2.38. The topological polar surface area (TPSA) is 86.9 Å². The van der Waals surface area contributed by atoms with Crippen LogP contribution in [-0.4, -0.2) is 35.0 Å². The van der Waals surface area contributed by atoms with Gasteiger partial charge in [0, 0.05) is 19.2 Å². The smallest absolute Gasteiger partial charge is 0.328 e. The van der Waals surface area contributed by atoms with Gasteiger partial charge in [0.15, 0.2) is 5.82 Å². The number of carbonyl (C=O) groups is 2. The van der Waals surface area contributed by atoms with Crippen molar-refractivity contribution in [1.82, 2.24) is 15.5 Å². The van der Waals surface area contributed by atoms with E-state index in [1.165, 1.54) is 14.0 Å². The van der Waals surface area contributed by atoms with E-state index in [2.05, 4.69) is 22.1 Å². The summed E-state index contributed by atoms with van der Waals surface area (Å²) < 4.78 is 26.6. The number of aryl methyl sites for hydroxylation is 1. The lowest BCUT2D eigenvalue weighted by molar-refractivity contribution is -0.139. The van der Waals surface area contributed by atoms with Gasteiger partial charge in [-0.3, -0.25) is 14.7 Å². The standard InChI is InChI=1S/C11H14F2N4O2/c1-4-5-11(12,13)10(19)15-8-7(9(18)14-3)6(2)16-17-8/h4H,1,5H2,2-3H3,(H,14,18)(H2,15,16,17,19). The molecular formula is C11H14F2N4O2. The van der Waals surface area contributed by atoms with Crippen LogP contribution in [0.5, 0.6) is 0 Å². The molecule has 1 aromatic heterocycles. The molecule has 1 heterocycles. The number of nitrogens with one attached hydrogen (secondary N) is 3. The molecule has 0 aliphatic rings. The zero-order valence-corrected chi connectivity index (χ0v) is 10.5. The van der Waals surface area contributed by atoms with Crippen LogP contribution in [-0.2, 0) is 4.79 Å². The molecule has 104 valence electrons. The minimum atomic E-state index is -3.60. The first-order valence-electron chi connectivity index (χ1n) is 5.40. The van der Waals surface area contributed by atoms with Gasteiger partial charge in [0.05, 0.1) is 0 Å². The van der Waals surface area contributed by atoms with E-state index in [0.717, 1.165) is 6.08 Å². The van der Waals surface area contributed by atoms with Crippen molar-refractivity contribution in [2.45, 2.75) is 19.3 Å². The Morgan fingerprint density at radius 3 is 2.68 bits per heavy atom. The van der Waals surface area contributed by atoms with Crippen molar-refractivity contribution >= 4 is 17.6 Å². The second kappa shape index (κ2) is 5.59. The Morgan fingerprint density at radius 2 is 2.16 bits per heavy atom. The van der Waals surface area contributed by atoms with E-state index in [-0.39, 0.29) is 11.4 Å². The fraction of sp³-hybridized carbons (Fsp3) is 0.364. The van der Waals surface area contributed by atoms with Crippen molar-refractivity contribution in [3.05, 3.63) is 23.9 Å². The lowest BCUT2D eigenvalue weighted by atomic mass is 10.2. The number of amides is 2. The molecule has 0 spiro atoms. The van der Waals surface area contributed by atoms with E-state index in [0.29, 0.717) is 5.69 Å². The first-order chi connectivity index (χ1) is 8.83. The molecule has 0 saturated heterocycles. The summed E-state index contributed by atoms with van der Waals surface area (Å²) in [6.07, 6.45) is 0.145. The molecule has 0 aliphatic carbocycles. The minimum Gasteiger partial charge on any atom is -0.355 e. The lowest BCUT2D eigenvalue weighted by Gasteiger charge is -2.13.